The smallest absolute Gasteiger partial charge is 0.190 e. The van der Waals surface area contributed by atoms with Gasteiger partial charge in [-0.15, -0.1) is 24.0 Å². The second-order valence-electron chi connectivity index (χ2n) is 6.37. The molecule has 2 N–H and O–H groups in total. The number of nitrogens with zero attached hydrogens (tertiary/aromatic N) is 1. The van der Waals surface area contributed by atoms with E-state index in [2.05, 4.69) is 15.6 Å². The summed E-state index contributed by atoms with van der Waals surface area (Å²) in [4.78, 5) is 4.24. The molecule has 8 heteroatoms. The Hall–Kier alpha value is -2.23. The normalized spacial score (nSPS) is 10.7. The SMILES string of the molecule is CN=C(NCCCCOc1ccc(F)cc1)NCCc1ccc(OC)c(OC)c1.I. The number of rotatable bonds is 11. The maximum absolute atomic E-state index is 12.8. The number of ether oxygens (including phenoxy) is 3. The standard InChI is InChI=1S/C22H30FN3O3.HI/c1-24-22(25-13-4-5-15-29-19-9-7-18(23)8-10-19)26-14-12-17-6-11-20(27-2)21(16-17)28-3;/h6-11,16H,4-5,12-15H2,1-3H3,(H2,24,25,26);1H. The van der Waals surface area contributed by atoms with Crippen molar-refractivity contribution < 1.29 is 18.6 Å². The first-order chi connectivity index (χ1) is 14.2. The second-order valence-corrected chi connectivity index (χ2v) is 6.37. The highest BCUT2D eigenvalue weighted by atomic mass is 127. The summed E-state index contributed by atoms with van der Waals surface area (Å²) in [5, 5.41) is 6.60. The van der Waals surface area contributed by atoms with Gasteiger partial charge in [-0.25, -0.2) is 4.39 Å². The van der Waals surface area contributed by atoms with E-state index >= 15 is 0 Å². The van der Waals surface area contributed by atoms with Crippen LogP contribution in [0.1, 0.15) is 18.4 Å². The molecular formula is C22H31FIN3O3. The van der Waals surface area contributed by atoms with E-state index in [-0.39, 0.29) is 29.8 Å². The molecule has 2 aromatic rings. The number of guanidine groups is 1. The number of methoxy groups -OCH3 is 2. The zero-order chi connectivity index (χ0) is 20.9. The van der Waals surface area contributed by atoms with Gasteiger partial charge in [0.25, 0.3) is 0 Å². The summed E-state index contributed by atoms with van der Waals surface area (Å²) in [5.41, 5.74) is 1.16. The van der Waals surface area contributed by atoms with Crippen LogP contribution in [0.25, 0.3) is 0 Å². The zero-order valence-electron chi connectivity index (χ0n) is 17.7. The van der Waals surface area contributed by atoms with Crippen LogP contribution in [-0.4, -0.2) is 46.9 Å². The molecular weight excluding hydrogens is 500 g/mol. The lowest BCUT2D eigenvalue weighted by atomic mass is 10.1. The average Bonchev–Trinajstić information content (AvgIpc) is 2.75. The molecule has 0 radical (unpaired) electrons. The molecule has 0 aromatic heterocycles. The van der Waals surface area contributed by atoms with Crippen molar-refractivity contribution in [2.75, 3.05) is 41.0 Å². The van der Waals surface area contributed by atoms with Crippen LogP contribution in [0.2, 0.25) is 0 Å². The van der Waals surface area contributed by atoms with Crippen molar-refractivity contribution in [2.24, 2.45) is 4.99 Å². The van der Waals surface area contributed by atoms with Crippen LogP contribution in [0.5, 0.6) is 17.2 Å². The average molecular weight is 531 g/mol. The van der Waals surface area contributed by atoms with Crippen molar-refractivity contribution in [1.29, 1.82) is 0 Å². The number of unbranched alkanes of at least 4 members (excludes halogenated alkanes) is 1. The van der Waals surface area contributed by atoms with Gasteiger partial charge in [0.05, 0.1) is 20.8 Å². The first-order valence-corrected chi connectivity index (χ1v) is 9.70. The monoisotopic (exact) mass is 531 g/mol. The van der Waals surface area contributed by atoms with Crippen LogP contribution < -0.4 is 24.8 Å². The lowest BCUT2D eigenvalue weighted by molar-refractivity contribution is 0.306. The first-order valence-electron chi connectivity index (χ1n) is 9.70. The van der Waals surface area contributed by atoms with Crippen molar-refractivity contribution >= 4 is 29.9 Å². The summed E-state index contributed by atoms with van der Waals surface area (Å²) in [6.45, 7) is 2.14. The number of nitrogens with one attached hydrogen (secondary N) is 2. The van der Waals surface area contributed by atoms with E-state index in [4.69, 9.17) is 14.2 Å². The van der Waals surface area contributed by atoms with Gasteiger partial charge in [0.1, 0.15) is 11.6 Å². The van der Waals surface area contributed by atoms with Gasteiger partial charge in [0.2, 0.25) is 0 Å². The molecule has 0 spiro atoms. The van der Waals surface area contributed by atoms with Gasteiger partial charge in [-0.05, 0) is 61.2 Å². The quantitative estimate of drug-likeness (QED) is 0.199. The van der Waals surface area contributed by atoms with Crippen LogP contribution >= 0.6 is 24.0 Å². The second kappa shape index (κ2) is 14.7. The van der Waals surface area contributed by atoms with E-state index < -0.39 is 0 Å². The molecule has 2 aromatic carbocycles. The largest absolute Gasteiger partial charge is 0.494 e. The van der Waals surface area contributed by atoms with Crippen molar-refractivity contribution in [3.63, 3.8) is 0 Å². The Morgan fingerprint density at radius 2 is 1.63 bits per heavy atom. The highest BCUT2D eigenvalue weighted by Crippen LogP contribution is 2.27. The summed E-state index contributed by atoms with van der Waals surface area (Å²) in [5.74, 6) is 2.66. The fourth-order valence-corrected chi connectivity index (χ4v) is 2.74. The van der Waals surface area contributed by atoms with Crippen molar-refractivity contribution in [3.8, 4) is 17.2 Å². The minimum atomic E-state index is -0.258. The van der Waals surface area contributed by atoms with Crippen LogP contribution in [0, 0.1) is 5.82 Å². The number of aliphatic imine (C=N–C) groups is 1. The van der Waals surface area contributed by atoms with Crippen LogP contribution in [0.15, 0.2) is 47.5 Å². The minimum absolute atomic E-state index is 0. The minimum Gasteiger partial charge on any atom is -0.494 e. The molecule has 2 rings (SSSR count). The third-order valence-corrected chi connectivity index (χ3v) is 4.32. The summed E-state index contributed by atoms with van der Waals surface area (Å²) in [6, 6.07) is 12.0. The Labute approximate surface area is 195 Å². The maximum Gasteiger partial charge on any atom is 0.190 e. The summed E-state index contributed by atoms with van der Waals surface area (Å²) < 4.78 is 29.0. The predicted molar refractivity (Wildman–Crippen MR) is 129 cm³/mol. The fourth-order valence-electron chi connectivity index (χ4n) is 2.74. The maximum atomic E-state index is 12.8. The van der Waals surface area contributed by atoms with Crippen LogP contribution in [0.3, 0.4) is 0 Å². The summed E-state index contributed by atoms with van der Waals surface area (Å²) in [6.07, 6.45) is 2.68. The summed E-state index contributed by atoms with van der Waals surface area (Å²) in [7, 11) is 5.02. The first kappa shape index (κ1) is 25.8. The van der Waals surface area contributed by atoms with E-state index in [0.29, 0.717) is 12.4 Å². The highest BCUT2D eigenvalue weighted by molar-refractivity contribution is 14.0. The summed E-state index contributed by atoms with van der Waals surface area (Å²) >= 11 is 0. The van der Waals surface area contributed by atoms with Gasteiger partial charge in [-0.3, -0.25) is 4.99 Å². The third kappa shape index (κ3) is 9.06. The molecule has 0 saturated heterocycles. The van der Waals surface area contributed by atoms with E-state index in [1.807, 2.05) is 18.2 Å². The molecule has 0 unspecified atom stereocenters. The van der Waals surface area contributed by atoms with Gasteiger partial charge < -0.3 is 24.8 Å². The molecule has 6 nitrogen and oxygen atoms in total. The molecule has 0 amide bonds. The van der Waals surface area contributed by atoms with Crippen molar-refractivity contribution in [1.82, 2.24) is 10.6 Å². The Kier molecular flexibility index (Phi) is 12.6. The van der Waals surface area contributed by atoms with Gasteiger partial charge in [-0.2, -0.15) is 0 Å². The number of halogens is 2. The predicted octanol–water partition coefficient (Wildman–Crippen LogP) is 4.03. The molecule has 0 saturated carbocycles. The molecule has 0 heterocycles. The molecule has 30 heavy (non-hydrogen) atoms. The van der Waals surface area contributed by atoms with Crippen molar-refractivity contribution in [3.05, 3.63) is 53.8 Å². The van der Waals surface area contributed by atoms with E-state index in [1.165, 1.54) is 12.1 Å². The van der Waals surface area contributed by atoms with Gasteiger partial charge in [-0.1, -0.05) is 6.07 Å². The van der Waals surface area contributed by atoms with Gasteiger partial charge in [0.15, 0.2) is 17.5 Å². The molecule has 0 fully saturated rings. The van der Waals surface area contributed by atoms with Crippen molar-refractivity contribution in [2.45, 2.75) is 19.3 Å². The molecule has 0 aliphatic heterocycles. The highest BCUT2D eigenvalue weighted by Gasteiger charge is 2.05. The van der Waals surface area contributed by atoms with Gasteiger partial charge in [0, 0.05) is 20.1 Å². The van der Waals surface area contributed by atoms with Gasteiger partial charge >= 0.3 is 0 Å². The van der Waals surface area contributed by atoms with Crippen LogP contribution in [-0.2, 0) is 6.42 Å². The van der Waals surface area contributed by atoms with E-state index in [0.717, 1.165) is 55.4 Å². The van der Waals surface area contributed by atoms with Crippen LogP contribution in [0.4, 0.5) is 4.39 Å². The zero-order valence-corrected chi connectivity index (χ0v) is 20.1. The topological polar surface area (TPSA) is 64.1 Å². The van der Waals surface area contributed by atoms with E-state index in [1.54, 1.807) is 33.4 Å². The number of benzene rings is 2. The third-order valence-electron chi connectivity index (χ3n) is 4.32. The molecule has 0 atom stereocenters. The number of hydrogen-bond acceptors (Lipinski definition) is 4. The lowest BCUT2D eigenvalue weighted by Crippen LogP contribution is -2.38. The Morgan fingerprint density at radius 1 is 0.933 bits per heavy atom. The molecule has 166 valence electrons. The molecule has 0 aliphatic carbocycles. The molecule has 0 bridgehead atoms. The lowest BCUT2D eigenvalue weighted by Gasteiger charge is -2.13. The van der Waals surface area contributed by atoms with E-state index in [9.17, 15) is 4.39 Å². The molecule has 0 aliphatic rings. The Balaban J connectivity index is 0.00000450. The Morgan fingerprint density at radius 3 is 2.30 bits per heavy atom. The Bertz CT molecular complexity index is 773. The number of hydrogen-bond donors (Lipinski definition) is 2. The fraction of sp³-hybridized carbons (Fsp3) is 0.409.